The lowest BCUT2D eigenvalue weighted by Gasteiger charge is -2.30. The molecule has 5 nitrogen and oxygen atoms in total. The van der Waals surface area contributed by atoms with Crippen molar-refractivity contribution in [2.75, 3.05) is 19.4 Å². The molecule has 2 rings (SSSR count). The van der Waals surface area contributed by atoms with Crippen LogP contribution in [0.3, 0.4) is 0 Å². The summed E-state index contributed by atoms with van der Waals surface area (Å²) in [7, 11) is 1.63. The number of likely N-dealkylation sites (N-methyl/N-ethyl adjacent to an activating group) is 1. The van der Waals surface area contributed by atoms with Gasteiger partial charge >= 0.3 is 0 Å². The van der Waals surface area contributed by atoms with E-state index in [9.17, 15) is 9.59 Å². The van der Waals surface area contributed by atoms with Crippen molar-refractivity contribution in [2.24, 2.45) is 0 Å². The number of ether oxygens (including phenoxy) is 1. The molecule has 0 spiro atoms. The largest absolute Gasteiger partial charge is 0.497 e. The van der Waals surface area contributed by atoms with E-state index in [0.29, 0.717) is 28.8 Å². The molecule has 0 aliphatic rings. The maximum atomic E-state index is 13.2. The van der Waals surface area contributed by atoms with Crippen LogP contribution in [0.5, 0.6) is 5.75 Å². The van der Waals surface area contributed by atoms with Gasteiger partial charge in [0.15, 0.2) is 0 Å². The number of nitrogens with one attached hydrogen (secondary N) is 1. The second kappa shape index (κ2) is 12.8. The molecule has 0 aliphatic carbocycles. The van der Waals surface area contributed by atoms with Gasteiger partial charge in [-0.15, -0.1) is 11.8 Å². The molecule has 31 heavy (non-hydrogen) atoms. The van der Waals surface area contributed by atoms with Gasteiger partial charge < -0.3 is 15.0 Å². The zero-order valence-corrected chi connectivity index (χ0v) is 20.3. The molecule has 2 aromatic rings. The second-order valence-corrected chi connectivity index (χ2v) is 8.75. The van der Waals surface area contributed by atoms with Gasteiger partial charge in [0.2, 0.25) is 11.8 Å². The highest BCUT2D eigenvalue weighted by molar-refractivity contribution is 7.99. The quantitative estimate of drug-likeness (QED) is 0.479. The van der Waals surface area contributed by atoms with Crippen molar-refractivity contribution in [3.05, 3.63) is 63.6 Å². The molecule has 0 fully saturated rings. The van der Waals surface area contributed by atoms with E-state index in [-0.39, 0.29) is 24.1 Å². The molecule has 0 radical (unpaired) electrons. The summed E-state index contributed by atoms with van der Waals surface area (Å²) >= 11 is 13.8. The van der Waals surface area contributed by atoms with Gasteiger partial charge in [0.25, 0.3) is 0 Å². The highest BCUT2D eigenvalue weighted by Crippen LogP contribution is 2.24. The van der Waals surface area contributed by atoms with Gasteiger partial charge in [-0.2, -0.15) is 0 Å². The molecule has 168 valence electrons. The van der Waals surface area contributed by atoms with Crippen molar-refractivity contribution in [2.45, 2.75) is 38.6 Å². The predicted molar refractivity (Wildman–Crippen MR) is 129 cm³/mol. The minimum Gasteiger partial charge on any atom is -0.497 e. The summed E-state index contributed by atoms with van der Waals surface area (Å²) in [5, 5.41) is 3.83. The third-order valence-electron chi connectivity index (χ3n) is 4.75. The van der Waals surface area contributed by atoms with E-state index in [0.717, 1.165) is 16.9 Å². The van der Waals surface area contributed by atoms with Crippen LogP contribution in [0.25, 0.3) is 0 Å². The Hall–Kier alpha value is -1.89. The Balaban J connectivity index is 2.12. The molecule has 0 saturated heterocycles. The molecule has 0 unspecified atom stereocenters. The highest BCUT2D eigenvalue weighted by Gasteiger charge is 2.28. The molecule has 0 aliphatic heterocycles. The van der Waals surface area contributed by atoms with Crippen molar-refractivity contribution in [1.82, 2.24) is 10.2 Å². The second-order valence-electron chi connectivity index (χ2n) is 6.92. The summed E-state index contributed by atoms with van der Waals surface area (Å²) in [5.74, 6) is 1.46. The first kappa shape index (κ1) is 25.4. The number of hydrogen-bond donors (Lipinski definition) is 1. The fourth-order valence-electron chi connectivity index (χ4n) is 3.11. The van der Waals surface area contributed by atoms with Gasteiger partial charge in [-0.1, -0.05) is 48.3 Å². The number of methoxy groups -OCH3 is 1. The lowest BCUT2D eigenvalue weighted by atomic mass is 10.1. The SMILES string of the molecule is CCNC(=O)[C@@H](CC)N(Cc1ccc(Cl)cc1Cl)C(=O)CSCc1ccc(OC)cc1. The Kier molecular flexibility index (Phi) is 10.5. The Bertz CT molecular complexity index is 878. The maximum Gasteiger partial charge on any atom is 0.242 e. The molecule has 0 heterocycles. The molecular formula is C23H28Cl2N2O3S. The Morgan fingerprint density at radius 3 is 2.42 bits per heavy atom. The molecular weight excluding hydrogens is 455 g/mol. The molecule has 0 bridgehead atoms. The fourth-order valence-corrected chi connectivity index (χ4v) is 4.44. The third-order valence-corrected chi connectivity index (χ3v) is 6.32. The summed E-state index contributed by atoms with van der Waals surface area (Å²) in [6, 6.07) is 12.4. The summed E-state index contributed by atoms with van der Waals surface area (Å²) < 4.78 is 5.17. The van der Waals surface area contributed by atoms with Crippen LogP contribution in [-0.4, -0.2) is 42.2 Å². The normalized spacial score (nSPS) is 11.6. The minimum absolute atomic E-state index is 0.109. The number of carbonyl (C=O) groups is 2. The van der Waals surface area contributed by atoms with Crippen LogP contribution in [0.15, 0.2) is 42.5 Å². The summed E-state index contributed by atoms with van der Waals surface area (Å²) in [4.78, 5) is 27.4. The van der Waals surface area contributed by atoms with Gasteiger partial charge in [0, 0.05) is 28.9 Å². The Morgan fingerprint density at radius 2 is 1.84 bits per heavy atom. The number of halogens is 2. The average Bonchev–Trinajstić information content (AvgIpc) is 2.75. The van der Waals surface area contributed by atoms with Gasteiger partial charge in [0.05, 0.1) is 12.9 Å². The number of hydrogen-bond acceptors (Lipinski definition) is 4. The van der Waals surface area contributed by atoms with E-state index in [1.165, 1.54) is 11.8 Å². The summed E-state index contributed by atoms with van der Waals surface area (Å²) in [5.41, 5.74) is 1.85. The number of benzene rings is 2. The van der Waals surface area contributed by atoms with Gasteiger partial charge in [0.1, 0.15) is 11.8 Å². The van der Waals surface area contributed by atoms with Crippen LogP contribution in [0.4, 0.5) is 0 Å². The van der Waals surface area contributed by atoms with E-state index >= 15 is 0 Å². The first-order valence-corrected chi connectivity index (χ1v) is 12.0. The zero-order chi connectivity index (χ0) is 22.8. The average molecular weight is 483 g/mol. The number of rotatable bonds is 11. The number of amides is 2. The van der Waals surface area contributed by atoms with Crippen LogP contribution in [-0.2, 0) is 21.9 Å². The van der Waals surface area contributed by atoms with Crippen LogP contribution in [0.1, 0.15) is 31.4 Å². The topological polar surface area (TPSA) is 58.6 Å². The maximum absolute atomic E-state index is 13.2. The van der Waals surface area contributed by atoms with Gasteiger partial charge in [-0.25, -0.2) is 0 Å². The first-order valence-electron chi connectivity index (χ1n) is 10.1. The zero-order valence-electron chi connectivity index (χ0n) is 18.0. The number of carbonyl (C=O) groups excluding carboxylic acids is 2. The molecule has 2 aromatic carbocycles. The molecule has 0 saturated carbocycles. The monoisotopic (exact) mass is 482 g/mol. The van der Waals surface area contributed by atoms with E-state index in [4.69, 9.17) is 27.9 Å². The number of thioether (sulfide) groups is 1. The van der Waals surface area contributed by atoms with E-state index in [1.54, 1.807) is 30.2 Å². The fraction of sp³-hybridized carbons (Fsp3) is 0.391. The Morgan fingerprint density at radius 1 is 1.13 bits per heavy atom. The van der Waals surface area contributed by atoms with Crippen LogP contribution in [0, 0.1) is 0 Å². The highest BCUT2D eigenvalue weighted by atomic mass is 35.5. The van der Waals surface area contributed by atoms with Crippen LogP contribution in [0.2, 0.25) is 10.0 Å². The van der Waals surface area contributed by atoms with E-state index in [1.807, 2.05) is 38.1 Å². The lowest BCUT2D eigenvalue weighted by Crippen LogP contribution is -2.49. The van der Waals surface area contributed by atoms with E-state index in [2.05, 4.69) is 5.32 Å². The van der Waals surface area contributed by atoms with Gasteiger partial charge in [-0.05, 0) is 48.7 Å². The van der Waals surface area contributed by atoms with Crippen molar-refractivity contribution in [3.63, 3.8) is 0 Å². The first-order chi connectivity index (χ1) is 14.9. The smallest absolute Gasteiger partial charge is 0.242 e. The van der Waals surface area contributed by atoms with Gasteiger partial charge in [-0.3, -0.25) is 9.59 Å². The predicted octanol–water partition coefficient (Wildman–Crippen LogP) is 5.18. The molecule has 0 aromatic heterocycles. The minimum atomic E-state index is -0.569. The number of nitrogens with zero attached hydrogens (tertiary/aromatic N) is 1. The van der Waals surface area contributed by atoms with Crippen LogP contribution < -0.4 is 10.1 Å². The van der Waals surface area contributed by atoms with Crippen molar-refractivity contribution in [3.8, 4) is 5.75 Å². The standard InChI is InChI=1S/C23H28Cl2N2O3S/c1-4-21(23(29)26-5-2)27(13-17-8-9-18(24)12-20(17)25)22(28)15-31-14-16-6-10-19(30-3)11-7-16/h6-12,21H,4-5,13-15H2,1-3H3,(H,26,29)/t21-/m1/s1. The molecule has 1 atom stereocenters. The van der Waals surface area contributed by atoms with Crippen molar-refractivity contribution < 1.29 is 14.3 Å². The lowest BCUT2D eigenvalue weighted by molar-refractivity contribution is -0.139. The summed E-state index contributed by atoms with van der Waals surface area (Å²) in [6.07, 6.45) is 0.506. The summed E-state index contributed by atoms with van der Waals surface area (Å²) in [6.45, 7) is 4.50. The van der Waals surface area contributed by atoms with E-state index < -0.39 is 6.04 Å². The van der Waals surface area contributed by atoms with Crippen molar-refractivity contribution in [1.29, 1.82) is 0 Å². The molecule has 8 heteroatoms. The molecule has 1 N–H and O–H groups in total. The third kappa shape index (κ3) is 7.63. The van der Waals surface area contributed by atoms with Crippen LogP contribution >= 0.6 is 35.0 Å². The van der Waals surface area contributed by atoms with Crippen molar-refractivity contribution >= 4 is 46.8 Å². The Labute approximate surface area is 198 Å². The molecule has 2 amide bonds.